The second kappa shape index (κ2) is 13.7. The average molecular weight is 690 g/mol. The van der Waals surface area contributed by atoms with E-state index in [0.717, 1.165) is 83.6 Å². The number of carbonyl (C=O) groups is 2. The smallest absolute Gasteiger partial charge is 0.407 e. The topological polar surface area (TPSA) is 103 Å². The van der Waals surface area contributed by atoms with Crippen LogP contribution in [0.5, 0.6) is 0 Å². The molecule has 11 heteroatoms. The van der Waals surface area contributed by atoms with Gasteiger partial charge in [0.25, 0.3) is 0 Å². The molecule has 0 aromatic heterocycles. The molecule has 7 rings (SSSR count). The molecule has 4 aliphatic heterocycles. The molecule has 5 aliphatic rings. The number of likely N-dealkylation sites (tertiary alicyclic amines) is 2. The predicted octanol–water partition coefficient (Wildman–Crippen LogP) is 3.91. The van der Waals surface area contributed by atoms with Gasteiger partial charge in [-0.1, -0.05) is 30.8 Å². The van der Waals surface area contributed by atoms with Crippen LogP contribution in [0, 0.1) is 17.8 Å². The summed E-state index contributed by atoms with van der Waals surface area (Å²) in [7, 11) is 0.418. The maximum absolute atomic E-state index is 13.1. The SMILES string of the molecule is C=CC(=O)N1CC(S(=O)(=O)c2ccc(N3CC(CN4CCC(C5(C6CCCC6OC(=O)NC)CN(C)Cc6ccccc65)CC4)C3)cc2)C1. The van der Waals surface area contributed by atoms with Gasteiger partial charge in [0.05, 0.1) is 4.90 Å². The molecule has 3 saturated heterocycles. The quantitative estimate of drug-likeness (QED) is 0.396. The lowest BCUT2D eigenvalue weighted by atomic mass is 9.56. The first-order valence-electron chi connectivity index (χ1n) is 18.0. The molecule has 2 aromatic carbocycles. The average Bonchev–Trinajstić information content (AvgIpc) is 3.53. The lowest BCUT2D eigenvalue weighted by Gasteiger charge is -2.54. The summed E-state index contributed by atoms with van der Waals surface area (Å²) in [5, 5.41) is 2.13. The van der Waals surface area contributed by atoms with E-state index in [2.05, 4.69) is 57.9 Å². The summed E-state index contributed by atoms with van der Waals surface area (Å²) in [5.41, 5.74) is 3.91. The zero-order valence-corrected chi connectivity index (χ0v) is 29.7. The molecule has 1 aliphatic carbocycles. The number of alkyl carbamates (subject to hydrolysis) is 1. The second-order valence-electron chi connectivity index (χ2n) is 15.1. The third-order valence-corrected chi connectivity index (χ3v) is 14.3. The van der Waals surface area contributed by atoms with Crippen molar-refractivity contribution >= 4 is 27.5 Å². The van der Waals surface area contributed by atoms with Crippen molar-refractivity contribution in [3.63, 3.8) is 0 Å². The predicted molar refractivity (Wildman–Crippen MR) is 190 cm³/mol. The number of anilines is 1. The minimum Gasteiger partial charge on any atom is -0.446 e. The number of amides is 2. The highest BCUT2D eigenvalue weighted by atomic mass is 32.2. The van der Waals surface area contributed by atoms with E-state index in [9.17, 15) is 18.0 Å². The van der Waals surface area contributed by atoms with Crippen LogP contribution < -0.4 is 10.2 Å². The van der Waals surface area contributed by atoms with Crippen LogP contribution in [-0.2, 0) is 31.3 Å². The molecule has 1 N–H and O–H groups in total. The van der Waals surface area contributed by atoms with Gasteiger partial charge in [0.2, 0.25) is 5.91 Å². The lowest BCUT2D eigenvalue weighted by molar-refractivity contribution is -0.129. The lowest BCUT2D eigenvalue weighted by Crippen LogP contribution is -2.58. The fraction of sp³-hybridized carbons (Fsp3) is 0.579. The zero-order valence-electron chi connectivity index (χ0n) is 28.9. The van der Waals surface area contributed by atoms with Gasteiger partial charge in [0.15, 0.2) is 9.84 Å². The van der Waals surface area contributed by atoms with Crippen LogP contribution >= 0.6 is 0 Å². The van der Waals surface area contributed by atoms with Crippen LogP contribution in [-0.4, -0.2) is 113 Å². The molecular weight excluding hydrogens is 639 g/mol. The van der Waals surface area contributed by atoms with Crippen LogP contribution in [0.4, 0.5) is 10.5 Å². The van der Waals surface area contributed by atoms with E-state index in [1.807, 2.05) is 12.1 Å². The summed E-state index contributed by atoms with van der Waals surface area (Å²) in [6.07, 6.45) is 6.22. The van der Waals surface area contributed by atoms with Crippen LogP contribution in [0.15, 0.2) is 66.1 Å². The number of sulfone groups is 1. The molecule has 0 bridgehead atoms. The van der Waals surface area contributed by atoms with Crippen molar-refractivity contribution in [2.45, 2.75) is 60.3 Å². The fourth-order valence-electron chi connectivity index (χ4n) is 9.69. The van der Waals surface area contributed by atoms with Gasteiger partial charge in [0.1, 0.15) is 11.4 Å². The minimum atomic E-state index is -3.47. The summed E-state index contributed by atoms with van der Waals surface area (Å²) in [6, 6.07) is 16.3. The van der Waals surface area contributed by atoms with Crippen molar-refractivity contribution in [3.05, 3.63) is 72.3 Å². The molecule has 4 heterocycles. The van der Waals surface area contributed by atoms with Gasteiger partial charge in [0, 0.05) is 75.8 Å². The van der Waals surface area contributed by atoms with E-state index in [1.165, 1.54) is 22.1 Å². The fourth-order valence-corrected chi connectivity index (χ4v) is 11.3. The van der Waals surface area contributed by atoms with Crippen molar-refractivity contribution in [3.8, 4) is 0 Å². The monoisotopic (exact) mass is 689 g/mol. The molecule has 0 spiro atoms. The van der Waals surface area contributed by atoms with Crippen molar-refractivity contribution in [2.24, 2.45) is 17.8 Å². The second-order valence-corrected chi connectivity index (χ2v) is 17.3. The van der Waals surface area contributed by atoms with Crippen molar-refractivity contribution < 1.29 is 22.7 Å². The summed E-state index contributed by atoms with van der Waals surface area (Å²) in [6.45, 7) is 11.0. The van der Waals surface area contributed by atoms with Crippen LogP contribution in [0.2, 0.25) is 0 Å². The Balaban J connectivity index is 0.964. The number of hydrogen-bond acceptors (Lipinski definition) is 8. The molecule has 3 atom stereocenters. The van der Waals surface area contributed by atoms with Gasteiger partial charge >= 0.3 is 6.09 Å². The molecule has 10 nitrogen and oxygen atoms in total. The highest BCUT2D eigenvalue weighted by molar-refractivity contribution is 7.92. The van der Waals surface area contributed by atoms with Gasteiger partial charge < -0.3 is 29.7 Å². The highest BCUT2D eigenvalue weighted by Crippen LogP contribution is 2.54. The molecule has 2 amide bonds. The summed E-state index contributed by atoms with van der Waals surface area (Å²) >= 11 is 0. The third-order valence-electron chi connectivity index (χ3n) is 12.2. The summed E-state index contributed by atoms with van der Waals surface area (Å²) < 4.78 is 32.2. The van der Waals surface area contributed by atoms with E-state index >= 15 is 0 Å². The Morgan fingerprint density at radius 1 is 1.00 bits per heavy atom. The normalized spacial score (nSPS) is 27.2. The molecule has 264 valence electrons. The minimum absolute atomic E-state index is 0.0428. The maximum Gasteiger partial charge on any atom is 0.407 e. The maximum atomic E-state index is 13.1. The zero-order chi connectivity index (χ0) is 34.3. The highest BCUT2D eigenvalue weighted by Gasteiger charge is 2.55. The largest absolute Gasteiger partial charge is 0.446 e. The number of nitrogens with one attached hydrogen (secondary N) is 1. The first-order chi connectivity index (χ1) is 23.6. The summed E-state index contributed by atoms with van der Waals surface area (Å²) in [4.78, 5) is 33.5. The van der Waals surface area contributed by atoms with Gasteiger partial charge in [-0.05, 0) is 99.6 Å². The Labute approximate surface area is 291 Å². The Kier molecular flexibility index (Phi) is 9.53. The number of ether oxygens (including phenoxy) is 1. The van der Waals surface area contributed by atoms with E-state index in [0.29, 0.717) is 22.6 Å². The molecule has 49 heavy (non-hydrogen) atoms. The molecule has 4 fully saturated rings. The molecule has 2 aromatic rings. The Morgan fingerprint density at radius 2 is 1.71 bits per heavy atom. The van der Waals surface area contributed by atoms with Crippen LogP contribution in [0.3, 0.4) is 0 Å². The van der Waals surface area contributed by atoms with Gasteiger partial charge in [-0.2, -0.15) is 0 Å². The Hall–Kier alpha value is -3.41. The molecular formula is C38H51N5O5S. The first kappa shape index (κ1) is 34.1. The standard InChI is InChI=1S/C38H51N5O5S/c1-4-36(44)43-24-32(25-43)49(46,47)31-14-12-30(13-15-31)42-21-27(22-42)20-41-18-16-29(17-19-41)38(34-10-7-11-35(34)48-37(45)39-2)26-40(3)23-28-8-5-6-9-33(28)38/h4-6,8-9,12-15,27,29,32,34-35H,1,7,10-11,16-26H2,2-3H3,(H,39,45). The van der Waals surface area contributed by atoms with E-state index in [4.69, 9.17) is 4.74 Å². The van der Waals surface area contributed by atoms with Crippen molar-refractivity contribution in [2.75, 3.05) is 71.4 Å². The van der Waals surface area contributed by atoms with Crippen LogP contribution in [0.25, 0.3) is 0 Å². The summed E-state index contributed by atoms with van der Waals surface area (Å²) in [5.74, 6) is 1.18. The third kappa shape index (κ3) is 6.38. The van der Waals surface area contributed by atoms with Gasteiger partial charge in [-0.15, -0.1) is 0 Å². The van der Waals surface area contributed by atoms with E-state index in [-0.39, 0.29) is 36.6 Å². The van der Waals surface area contributed by atoms with Gasteiger partial charge in [-0.25, -0.2) is 13.2 Å². The Bertz CT molecular complexity index is 1650. The number of piperidine rings is 1. The van der Waals surface area contributed by atoms with E-state index < -0.39 is 15.1 Å². The van der Waals surface area contributed by atoms with Gasteiger partial charge in [-0.3, -0.25) is 4.79 Å². The molecule has 0 radical (unpaired) electrons. The van der Waals surface area contributed by atoms with Crippen molar-refractivity contribution in [1.29, 1.82) is 0 Å². The number of hydrogen-bond donors (Lipinski definition) is 1. The van der Waals surface area contributed by atoms with Crippen molar-refractivity contribution in [1.82, 2.24) is 20.0 Å². The number of rotatable bonds is 9. The van der Waals surface area contributed by atoms with E-state index in [1.54, 1.807) is 19.2 Å². The number of fused-ring (bicyclic) bond motifs is 1. The number of carbonyl (C=O) groups excluding carboxylic acids is 2. The first-order valence-corrected chi connectivity index (χ1v) is 19.5. The number of benzene rings is 2. The number of likely N-dealkylation sites (N-methyl/N-ethyl adjacent to an activating group) is 1. The van der Waals surface area contributed by atoms with Crippen LogP contribution in [0.1, 0.15) is 43.2 Å². The Morgan fingerprint density at radius 3 is 2.41 bits per heavy atom. The number of nitrogens with zero attached hydrogens (tertiary/aromatic N) is 4. The molecule has 1 saturated carbocycles. The molecule has 3 unspecified atom stereocenters.